The number of rotatable bonds is 0. The Labute approximate surface area is 76.4 Å². The van der Waals surface area contributed by atoms with Crippen LogP contribution >= 0.6 is 11.6 Å². The highest BCUT2D eigenvalue weighted by Gasteiger charge is 2.25. The highest BCUT2D eigenvalue weighted by atomic mass is 35.5. The zero-order chi connectivity index (χ0) is 8.72. The summed E-state index contributed by atoms with van der Waals surface area (Å²) in [4.78, 5) is 10.6. The van der Waals surface area contributed by atoms with Gasteiger partial charge < -0.3 is 4.90 Å². The average Bonchev–Trinajstić information content (AvgIpc) is 2.29. The van der Waals surface area contributed by atoms with Gasteiger partial charge in [-0.1, -0.05) is 11.6 Å². The first kappa shape index (κ1) is 7.80. The molecule has 12 heavy (non-hydrogen) atoms. The largest absolute Gasteiger partial charge is 0.313 e. The Balaban J connectivity index is 2.37. The third-order valence-electron chi connectivity index (χ3n) is 1.98. The van der Waals surface area contributed by atoms with Crippen molar-refractivity contribution in [3.63, 3.8) is 0 Å². The molecule has 1 atom stereocenters. The minimum Gasteiger partial charge on any atom is -0.313 e. The van der Waals surface area contributed by atoms with Crippen LogP contribution in [0.15, 0.2) is 21.2 Å². The van der Waals surface area contributed by atoms with Crippen LogP contribution in [0, 0.1) is 0 Å². The van der Waals surface area contributed by atoms with Crippen LogP contribution in [0.25, 0.3) is 0 Å². The molecular weight excluding hydrogens is 174 g/mol. The maximum absolute atomic E-state index is 5.79. The van der Waals surface area contributed by atoms with Gasteiger partial charge in [0.2, 0.25) is 0 Å². The van der Waals surface area contributed by atoms with E-state index in [4.69, 9.17) is 11.6 Å². The van der Waals surface area contributed by atoms with Gasteiger partial charge >= 0.3 is 0 Å². The molecule has 0 aromatic heterocycles. The average molecular weight is 184 g/mol. The first-order chi connectivity index (χ1) is 5.66. The molecule has 2 rings (SSSR count). The van der Waals surface area contributed by atoms with Gasteiger partial charge in [0.1, 0.15) is 16.8 Å². The summed E-state index contributed by atoms with van der Waals surface area (Å²) in [6.45, 7) is 4.95. The van der Waals surface area contributed by atoms with E-state index in [1.165, 1.54) is 0 Å². The normalized spacial score (nSPS) is 27.8. The second kappa shape index (κ2) is 2.59. The summed E-state index contributed by atoms with van der Waals surface area (Å²) in [5.74, 6) is 1.88. The maximum atomic E-state index is 5.79. The molecule has 0 bridgehead atoms. The molecule has 4 heteroatoms. The Morgan fingerprint density at radius 3 is 3.17 bits per heavy atom. The molecule has 2 aliphatic heterocycles. The molecule has 0 aromatic carbocycles. The van der Waals surface area contributed by atoms with Gasteiger partial charge in [0, 0.05) is 12.6 Å². The fourth-order valence-corrected chi connectivity index (χ4v) is 1.68. The fraction of sp³-hybridized carbons (Fsp3) is 0.500. The molecule has 0 aliphatic carbocycles. The van der Waals surface area contributed by atoms with E-state index in [1.807, 2.05) is 6.92 Å². The third-order valence-corrected chi connectivity index (χ3v) is 2.18. The van der Waals surface area contributed by atoms with E-state index in [-0.39, 0.29) is 0 Å². The quantitative estimate of drug-likeness (QED) is 0.525. The Bertz CT molecular complexity index is 303. The third kappa shape index (κ3) is 1.14. The summed E-state index contributed by atoms with van der Waals surface area (Å²) in [5, 5.41) is 0.525. The monoisotopic (exact) mass is 183 g/mol. The lowest BCUT2D eigenvalue weighted by atomic mass is 10.3. The van der Waals surface area contributed by atoms with Gasteiger partial charge in [0.05, 0.1) is 6.04 Å². The lowest BCUT2D eigenvalue weighted by Crippen LogP contribution is -2.34. The van der Waals surface area contributed by atoms with E-state index in [9.17, 15) is 0 Å². The van der Waals surface area contributed by atoms with Crippen molar-refractivity contribution < 1.29 is 0 Å². The molecular formula is C8H10ClN3. The van der Waals surface area contributed by atoms with Crippen LogP contribution < -0.4 is 0 Å². The second-order valence-electron chi connectivity index (χ2n) is 3.07. The summed E-state index contributed by atoms with van der Waals surface area (Å²) >= 11 is 5.79. The van der Waals surface area contributed by atoms with Crippen molar-refractivity contribution in [2.45, 2.75) is 19.9 Å². The first-order valence-corrected chi connectivity index (χ1v) is 4.32. The SMILES string of the molecule is CC1=NC(Cl)=CC2=NC(C)CN12. The number of fused-ring (bicyclic) bond motifs is 1. The molecule has 3 nitrogen and oxygen atoms in total. The smallest absolute Gasteiger partial charge is 0.134 e. The zero-order valence-electron chi connectivity index (χ0n) is 7.08. The molecule has 0 saturated carbocycles. The molecule has 2 aliphatic rings. The molecule has 0 amide bonds. The highest BCUT2D eigenvalue weighted by Crippen LogP contribution is 2.19. The van der Waals surface area contributed by atoms with E-state index >= 15 is 0 Å². The maximum Gasteiger partial charge on any atom is 0.134 e. The number of aliphatic imine (C=N–C) groups is 2. The van der Waals surface area contributed by atoms with Crippen LogP contribution in [0.3, 0.4) is 0 Å². The van der Waals surface area contributed by atoms with E-state index in [0.29, 0.717) is 11.2 Å². The summed E-state index contributed by atoms with van der Waals surface area (Å²) in [6.07, 6.45) is 1.80. The zero-order valence-corrected chi connectivity index (χ0v) is 7.84. The van der Waals surface area contributed by atoms with Crippen molar-refractivity contribution in [3.8, 4) is 0 Å². The van der Waals surface area contributed by atoms with Gasteiger partial charge in [0.15, 0.2) is 0 Å². The van der Waals surface area contributed by atoms with Crippen LogP contribution in [0.1, 0.15) is 13.8 Å². The van der Waals surface area contributed by atoms with E-state index in [2.05, 4.69) is 21.8 Å². The van der Waals surface area contributed by atoms with Gasteiger partial charge in [-0.2, -0.15) is 0 Å². The predicted octanol–water partition coefficient (Wildman–Crippen LogP) is 1.60. The minimum atomic E-state index is 0.351. The minimum absolute atomic E-state index is 0.351. The number of hydrogen-bond donors (Lipinski definition) is 0. The van der Waals surface area contributed by atoms with Gasteiger partial charge in [-0.3, -0.25) is 4.99 Å². The number of hydrogen-bond acceptors (Lipinski definition) is 3. The molecule has 0 saturated heterocycles. The molecule has 0 spiro atoms. The Morgan fingerprint density at radius 2 is 2.42 bits per heavy atom. The lowest BCUT2D eigenvalue weighted by molar-refractivity contribution is 0.594. The van der Waals surface area contributed by atoms with E-state index in [1.54, 1.807) is 6.08 Å². The summed E-state index contributed by atoms with van der Waals surface area (Å²) < 4.78 is 0. The molecule has 1 unspecified atom stereocenters. The molecule has 2 heterocycles. The molecule has 0 fully saturated rings. The lowest BCUT2D eigenvalue weighted by Gasteiger charge is -2.21. The Hall–Kier alpha value is -0.830. The highest BCUT2D eigenvalue weighted by molar-refractivity contribution is 6.33. The van der Waals surface area contributed by atoms with E-state index < -0.39 is 0 Å². The standard InChI is InChI=1S/C8H10ClN3/c1-5-4-12-6(2)11-7(9)3-8(12)10-5/h3,5H,4H2,1-2H3. The summed E-state index contributed by atoms with van der Waals surface area (Å²) in [6, 6.07) is 0.351. The van der Waals surface area contributed by atoms with Crippen LogP contribution in [-0.2, 0) is 0 Å². The predicted molar refractivity (Wildman–Crippen MR) is 50.6 cm³/mol. The second-order valence-corrected chi connectivity index (χ2v) is 3.46. The summed E-state index contributed by atoms with van der Waals surface area (Å²) in [7, 11) is 0. The van der Waals surface area contributed by atoms with Crippen molar-refractivity contribution in [2.75, 3.05) is 6.54 Å². The molecule has 64 valence electrons. The van der Waals surface area contributed by atoms with Crippen molar-refractivity contribution in [1.82, 2.24) is 4.90 Å². The number of halogens is 1. The number of nitrogens with zero attached hydrogens (tertiary/aromatic N) is 3. The number of amidine groups is 2. The first-order valence-electron chi connectivity index (χ1n) is 3.94. The molecule has 0 radical (unpaired) electrons. The Kier molecular flexibility index (Phi) is 1.68. The van der Waals surface area contributed by atoms with Gasteiger partial charge in [-0.15, -0.1) is 0 Å². The van der Waals surface area contributed by atoms with Gasteiger partial charge in [-0.25, -0.2) is 4.99 Å². The fourth-order valence-electron chi connectivity index (χ4n) is 1.46. The van der Waals surface area contributed by atoms with Crippen molar-refractivity contribution >= 4 is 23.3 Å². The van der Waals surface area contributed by atoms with Crippen LogP contribution in [0.5, 0.6) is 0 Å². The van der Waals surface area contributed by atoms with Gasteiger partial charge in [0.25, 0.3) is 0 Å². The van der Waals surface area contributed by atoms with Crippen molar-refractivity contribution in [3.05, 3.63) is 11.2 Å². The van der Waals surface area contributed by atoms with Crippen LogP contribution in [0.2, 0.25) is 0 Å². The van der Waals surface area contributed by atoms with Gasteiger partial charge in [-0.05, 0) is 13.8 Å². The van der Waals surface area contributed by atoms with Crippen molar-refractivity contribution in [1.29, 1.82) is 0 Å². The van der Waals surface area contributed by atoms with Crippen LogP contribution in [-0.4, -0.2) is 29.2 Å². The van der Waals surface area contributed by atoms with E-state index in [0.717, 1.165) is 18.2 Å². The van der Waals surface area contributed by atoms with Crippen LogP contribution in [0.4, 0.5) is 0 Å². The topological polar surface area (TPSA) is 28.0 Å². The molecule has 0 N–H and O–H groups in total. The Morgan fingerprint density at radius 1 is 1.67 bits per heavy atom. The van der Waals surface area contributed by atoms with Crippen molar-refractivity contribution in [2.24, 2.45) is 9.98 Å². The molecule has 0 aromatic rings. The summed E-state index contributed by atoms with van der Waals surface area (Å²) in [5.41, 5.74) is 0.